The highest BCUT2D eigenvalue weighted by Gasteiger charge is 2.24. The summed E-state index contributed by atoms with van der Waals surface area (Å²) in [6, 6.07) is 1.58. The number of amides is 1. The summed E-state index contributed by atoms with van der Waals surface area (Å²) in [4.78, 5) is 25.5. The Kier molecular flexibility index (Phi) is 7.47. The summed E-state index contributed by atoms with van der Waals surface area (Å²) in [5.41, 5.74) is 7.17. The molecule has 0 saturated heterocycles. The molecule has 0 aliphatic carbocycles. The van der Waals surface area contributed by atoms with E-state index in [9.17, 15) is 9.59 Å². The summed E-state index contributed by atoms with van der Waals surface area (Å²) in [5, 5.41) is 3.28. The fraction of sp³-hybridized carbons (Fsp3) is 0.375. The molecule has 3 N–H and O–H groups in total. The number of esters is 1. The van der Waals surface area contributed by atoms with Crippen molar-refractivity contribution in [3.8, 4) is 0 Å². The Morgan fingerprint density at radius 3 is 2.62 bits per heavy atom. The molecule has 0 atom stereocenters. The molecule has 24 heavy (non-hydrogen) atoms. The van der Waals surface area contributed by atoms with Gasteiger partial charge in [-0.1, -0.05) is 6.92 Å². The Bertz CT molecular complexity index is 724. The third-order valence-electron chi connectivity index (χ3n) is 3.39. The molecule has 2 aromatic rings. The van der Waals surface area contributed by atoms with E-state index in [4.69, 9.17) is 14.9 Å². The highest BCUT2D eigenvalue weighted by molar-refractivity contribution is 7.16. The maximum Gasteiger partial charge on any atom is 0.341 e. The lowest BCUT2D eigenvalue weighted by Gasteiger charge is -2.07. The van der Waals surface area contributed by atoms with E-state index >= 15 is 0 Å². The van der Waals surface area contributed by atoms with Crippen molar-refractivity contribution >= 4 is 40.6 Å². The van der Waals surface area contributed by atoms with Gasteiger partial charge in [0.25, 0.3) is 5.91 Å². The average Bonchev–Trinajstić information content (AvgIpc) is 3.11. The van der Waals surface area contributed by atoms with Gasteiger partial charge in [-0.25, -0.2) is 4.79 Å². The van der Waals surface area contributed by atoms with Crippen molar-refractivity contribution in [2.45, 2.75) is 33.7 Å². The van der Waals surface area contributed by atoms with Gasteiger partial charge in [0.05, 0.1) is 24.3 Å². The van der Waals surface area contributed by atoms with Gasteiger partial charge < -0.3 is 20.2 Å². The first-order valence-corrected chi connectivity index (χ1v) is 8.21. The summed E-state index contributed by atoms with van der Waals surface area (Å²) in [6.45, 7) is 6.14. The molecule has 1 amide bonds. The van der Waals surface area contributed by atoms with Crippen LogP contribution in [0.5, 0.6) is 0 Å². The predicted octanol–water partition coefficient (Wildman–Crippen LogP) is 3.52. The van der Waals surface area contributed by atoms with E-state index in [0.29, 0.717) is 28.3 Å². The molecule has 0 saturated carbocycles. The highest BCUT2D eigenvalue weighted by Crippen LogP contribution is 2.34. The van der Waals surface area contributed by atoms with Crippen LogP contribution in [-0.4, -0.2) is 18.5 Å². The summed E-state index contributed by atoms with van der Waals surface area (Å²) >= 11 is 1.37. The minimum absolute atomic E-state index is 0. The SMILES string of the molecule is CCOC(=O)c1c(NC(=O)c2coc(CN)c2)sc(C)c1CC.Cl. The molecule has 132 valence electrons. The predicted molar refractivity (Wildman–Crippen MR) is 96.2 cm³/mol. The molecule has 0 aliphatic rings. The number of ether oxygens (including phenoxy) is 1. The van der Waals surface area contributed by atoms with Crippen LogP contribution in [0.2, 0.25) is 0 Å². The van der Waals surface area contributed by atoms with Crippen LogP contribution in [0.4, 0.5) is 5.00 Å². The van der Waals surface area contributed by atoms with Gasteiger partial charge in [0.15, 0.2) is 0 Å². The molecule has 0 aromatic carbocycles. The van der Waals surface area contributed by atoms with Gasteiger partial charge in [-0.2, -0.15) is 0 Å². The Labute approximate surface area is 150 Å². The van der Waals surface area contributed by atoms with Crippen LogP contribution in [0.25, 0.3) is 0 Å². The van der Waals surface area contributed by atoms with Crippen LogP contribution in [-0.2, 0) is 17.7 Å². The summed E-state index contributed by atoms with van der Waals surface area (Å²) in [5.74, 6) is -0.237. The molecule has 0 unspecified atom stereocenters. The van der Waals surface area contributed by atoms with Crippen LogP contribution >= 0.6 is 23.7 Å². The number of halogens is 1. The number of nitrogens with two attached hydrogens (primary N) is 1. The third kappa shape index (κ3) is 4.17. The number of hydrogen-bond donors (Lipinski definition) is 2. The molecule has 2 heterocycles. The van der Waals surface area contributed by atoms with Crippen LogP contribution in [0.1, 0.15) is 50.8 Å². The molecule has 0 radical (unpaired) electrons. The fourth-order valence-corrected chi connectivity index (χ4v) is 3.42. The number of anilines is 1. The maximum absolute atomic E-state index is 12.3. The Balaban J connectivity index is 0.00000288. The van der Waals surface area contributed by atoms with Crippen LogP contribution in [0.15, 0.2) is 16.7 Å². The fourth-order valence-electron chi connectivity index (χ4n) is 2.29. The number of carbonyl (C=O) groups excluding carboxylic acids is 2. The molecule has 0 aliphatic heterocycles. The van der Waals surface area contributed by atoms with Gasteiger partial charge in [0, 0.05) is 4.88 Å². The smallest absolute Gasteiger partial charge is 0.341 e. The van der Waals surface area contributed by atoms with Crippen molar-refractivity contribution < 1.29 is 18.7 Å². The van der Waals surface area contributed by atoms with Crippen molar-refractivity contribution in [1.82, 2.24) is 0 Å². The zero-order valence-corrected chi connectivity index (χ0v) is 15.4. The molecule has 6 nitrogen and oxygen atoms in total. The second-order valence-corrected chi connectivity index (χ2v) is 6.10. The average molecular weight is 373 g/mol. The Morgan fingerprint density at radius 2 is 2.08 bits per heavy atom. The van der Waals surface area contributed by atoms with E-state index in [-0.39, 0.29) is 31.5 Å². The quantitative estimate of drug-likeness (QED) is 0.756. The molecular weight excluding hydrogens is 352 g/mol. The van der Waals surface area contributed by atoms with Crippen LogP contribution in [0.3, 0.4) is 0 Å². The van der Waals surface area contributed by atoms with Crippen molar-refractivity contribution in [1.29, 1.82) is 0 Å². The van der Waals surface area contributed by atoms with Gasteiger partial charge in [0.1, 0.15) is 17.0 Å². The number of aryl methyl sites for hydroxylation is 1. The van der Waals surface area contributed by atoms with Crippen molar-refractivity contribution in [2.75, 3.05) is 11.9 Å². The second-order valence-electron chi connectivity index (χ2n) is 4.87. The maximum atomic E-state index is 12.3. The largest absolute Gasteiger partial charge is 0.467 e. The number of thiophene rings is 1. The summed E-state index contributed by atoms with van der Waals surface area (Å²) in [6.07, 6.45) is 2.04. The number of nitrogens with one attached hydrogen (secondary N) is 1. The van der Waals surface area contributed by atoms with Crippen molar-refractivity contribution in [3.63, 3.8) is 0 Å². The number of rotatable bonds is 6. The first kappa shape index (κ1) is 20.2. The molecule has 0 bridgehead atoms. The zero-order chi connectivity index (χ0) is 17.0. The Morgan fingerprint density at radius 1 is 1.38 bits per heavy atom. The van der Waals surface area contributed by atoms with Gasteiger partial charge in [0.2, 0.25) is 0 Å². The monoisotopic (exact) mass is 372 g/mol. The van der Waals surface area contributed by atoms with Crippen LogP contribution < -0.4 is 11.1 Å². The van der Waals surface area contributed by atoms with Gasteiger partial charge >= 0.3 is 5.97 Å². The van der Waals surface area contributed by atoms with E-state index in [1.54, 1.807) is 13.0 Å². The van der Waals surface area contributed by atoms with Crippen molar-refractivity contribution in [3.05, 3.63) is 39.7 Å². The van der Waals surface area contributed by atoms with E-state index in [1.807, 2.05) is 13.8 Å². The lowest BCUT2D eigenvalue weighted by Crippen LogP contribution is -2.14. The molecule has 8 heteroatoms. The highest BCUT2D eigenvalue weighted by atomic mass is 35.5. The molecular formula is C16H21ClN2O4S. The third-order valence-corrected chi connectivity index (χ3v) is 4.45. The van der Waals surface area contributed by atoms with E-state index in [1.165, 1.54) is 17.6 Å². The number of carbonyl (C=O) groups is 2. The minimum Gasteiger partial charge on any atom is -0.467 e. The molecule has 2 rings (SSSR count). The zero-order valence-electron chi connectivity index (χ0n) is 13.8. The standard InChI is InChI=1S/C16H20N2O4S.ClH/c1-4-12-9(3)23-15(13(12)16(20)21-5-2)18-14(19)10-6-11(7-17)22-8-10;/h6,8H,4-5,7,17H2,1-3H3,(H,18,19);1H. The van der Waals surface area contributed by atoms with Gasteiger partial charge in [-0.15, -0.1) is 23.7 Å². The van der Waals surface area contributed by atoms with E-state index < -0.39 is 5.97 Å². The lowest BCUT2D eigenvalue weighted by atomic mass is 10.1. The Hall–Kier alpha value is -1.83. The number of hydrogen-bond acceptors (Lipinski definition) is 6. The minimum atomic E-state index is -0.418. The van der Waals surface area contributed by atoms with Crippen molar-refractivity contribution in [2.24, 2.45) is 5.73 Å². The first-order chi connectivity index (χ1) is 11.0. The molecule has 0 fully saturated rings. The summed E-state index contributed by atoms with van der Waals surface area (Å²) < 4.78 is 10.3. The van der Waals surface area contributed by atoms with Gasteiger partial charge in [-0.3, -0.25) is 4.79 Å². The topological polar surface area (TPSA) is 94.6 Å². The summed E-state index contributed by atoms with van der Waals surface area (Å²) in [7, 11) is 0. The lowest BCUT2D eigenvalue weighted by molar-refractivity contribution is 0.0527. The van der Waals surface area contributed by atoms with Crippen LogP contribution in [0, 0.1) is 6.92 Å². The molecule has 0 spiro atoms. The van der Waals surface area contributed by atoms with E-state index in [2.05, 4.69) is 5.32 Å². The normalized spacial score (nSPS) is 10.2. The van der Waals surface area contributed by atoms with Gasteiger partial charge in [-0.05, 0) is 31.9 Å². The number of furan rings is 1. The second kappa shape index (κ2) is 8.86. The van der Waals surface area contributed by atoms with E-state index in [0.717, 1.165) is 10.4 Å². The first-order valence-electron chi connectivity index (χ1n) is 7.39. The molecule has 2 aromatic heterocycles.